The lowest BCUT2D eigenvalue weighted by molar-refractivity contribution is 1.18. The fourth-order valence-corrected chi connectivity index (χ4v) is 4.48. The van der Waals surface area contributed by atoms with E-state index in [2.05, 4.69) is 87.3 Å². The molecule has 0 aliphatic heterocycles. The quantitative estimate of drug-likeness (QED) is 0.393. The highest BCUT2D eigenvalue weighted by Gasteiger charge is 2.11. The molecule has 0 radical (unpaired) electrons. The molecule has 3 aromatic carbocycles. The number of benzene rings is 3. The molecule has 0 aliphatic rings. The molecule has 1 heterocycles. The maximum atomic E-state index is 2.33. The van der Waals surface area contributed by atoms with Gasteiger partial charge in [0.15, 0.2) is 0 Å². The molecular weight excluding hydrogens is 310 g/mol. The van der Waals surface area contributed by atoms with E-state index in [1.807, 2.05) is 11.3 Å². The standard InChI is InChI=1S/C22H21NS/c1-14-5-8-20(16(3)11-14)23(4)17-7-10-22-19(13-17)18-12-15(2)6-9-21(18)24-22/h5-13H,1-4H3. The van der Waals surface area contributed by atoms with Gasteiger partial charge in [-0.15, -0.1) is 11.3 Å². The van der Waals surface area contributed by atoms with Crippen molar-refractivity contribution in [2.75, 3.05) is 11.9 Å². The lowest BCUT2D eigenvalue weighted by atomic mass is 10.1. The number of fused-ring (bicyclic) bond motifs is 3. The van der Waals surface area contributed by atoms with Crippen LogP contribution in [0.25, 0.3) is 20.2 Å². The molecule has 4 rings (SSSR count). The average Bonchev–Trinajstić information content (AvgIpc) is 2.91. The maximum absolute atomic E-state index is 2.33. The van der Waals surface area contributed by atoms with E-state index < -0.39 is 0 Å². The second-order valence-electron chi connectivity index (χ2n) is 6.63. The van der Waals surface area contributed by atoms with Gasteiger partial charge in [0.2, 0.25) is 0 Å². The van der Waals surface area contributed by atoms with Crippen molar-refractivity contribution in [3.8, 4) is 0 Å². The van der Waals surface area contributed by atoms with E-state index in [0.29, 0.717) is 0 Å². The van der Waals surface area contributed by atoms with Gasteiger partial charge in [0.1, 0.15) is 0 Å². The predicted molar refractivity (Wildman–Crippen MR) is 108 cm³/mol. The Hall–Kier alpha value is -2.32. The number of hydrogen-bond donors (Lipinski definition) is 0. The number of hydrogen-bond acceptors (Lipinski definition) is 2. The van der Waals surface area contributed by atoms with Gasteiger partial charge in [0.05, 0.1) is 0 Å². The molecule has 120 valence electrons. The van der Waals surface area contributed by atoms with Gasteiger partial charge in [-0.3, -0.25) is 0 Å². The first-order chi connectivity index (χ1) is 11.5. The largest absolute Gasteiger partial charge is 0.344 e. The van der Waals surface area contributed by atoms with E-state index in [-0.39, 0.29) is 0 Å². The third-order valence-corrected chi connectivity index (χ3v) is 5.86. The first-order valence-electron chi connectivity index (χ1n) is 8.27. The van der Waals surface area contributed by atoms with Crippen LogP contribution in [0.5, 0.6) is 0 Å². The summed E-state index contributed by atoms with van der Waals surface area (Å²) in [5.41, 5.74) is 6.42. The van der Waals surface area contributed by atoms with Gasteiger partial charge in [0.25, 0.3) is 0 Å². The highest BCUT2D eigenvalue weighted by Crippen LogP contribution is 2.38. The van der Waals surface area contributed by atoms with Crippen molar-refractivity contribution in [3.63, 3.8) is 0 Å². The minimum atomic E-state index is 1.23. The summed E-state index contributed by atoms with van der Waals surface area (Å²) in [6.07, 6.45) is 0. The van der Waals surface area contributed by atoms with Crippen LogP contribution >= 0.6 is 11.3 Å². The summed E-state index contributed by atoms with van der Waals surface area (Å²) in [5.74, 6) is 0. The Kier molecular flexibility index (Phi) is 3.58. The van der Waals surface area contributed by atoms with Crippen LogP contribution < -0.4 is 4.90 Å². The zero-order valence-electron chi connectivity index (χ0n) is 14.6. The molecule has 0 spiro atoms. The Balaban J connectivity index is 1.87. The number of rotatable bonds is 2. The SMILES string of the molecule is Cc1ccc(N(C)c2ccc3sc4ccc(C)cc4c3c2)c(C)c1. The summed E-state index contributed by atoms with van der Waals surface area (Å²) in [6.45, 7) is 6.48. The minimum Gasteiger partial charge on any atom is -0.344 e. The summed E-state index contributed by atoms with van der Waals surface area (Å²) in [6, 6.07) is 20.2. The highest BCUT2D eigenvalue weighted by atomic mass is 32.1. The molecular formula is C22H21NS. The van der Waals surface area contributed by atoms with E-state index in [0.717, 1.165) is 0 Å². The molecule has 1 aromatic heterocycles. The van der Waals surface area contributed by atoms with Crippen molar-refractivity contribution < 1.29 is 0 Å². The topological polar surface area (TPSA) is 3.24 Å². The van der Waals surface area contributed by atoms with Crippen molar-refractivity contribution >= 4 is 42.9 Å². The molecule has 1 nitrogen and oxygen atoms in total. The first kappa shape index (κ1) is 15.2. The molecule has 0 bridgehead atoms. The van der Waals surface area contributed by atoms with Crippen molar-refractivity contribution in [2.45, 2.75) is 20.8 Å². The number of aryl methyl sites for hydroxylation is 3. The van der Waals surface area contributed by atoms with E-state index >= 15 is 0 Å². The Bertz CT molecular complexity index is 1060. The summed E-state index contributed by atoms with van der Waals surface area (Å²) in [7, 11) is 2.15. The van der Waals surface area contributed by atoms with Crippen LogP contribution in [0.3, 0.4) is 0 Å². The summed E-state index contributed by atoms with van der Waals surface area (Å²) < 4.78 is 2.72. The molecule has 0 aliphatic carbocycles. The van der Waals surface area contributed by atoms with Crippen molar-refractivity contribution in [1.82, 2.24) is 0 Å². The Labute approximate surface area is 147 Å². The molecule has 0 amide bonds. The molecule has 24 heavy (non-hydrogen) atoms. The highest BCUT2D eigenvalue weighted by molar-refractivity contribution is 7.25. The minimum absolute atomic E-state index is 1.23. The Morgan fingerprint density at radius 2 is 1.33 bits per heavy atom. The lowest BCUT2D eigenvalue weighted by Crippen LogP contribution is -2.10. The van der Waals surface area contributed by atoms with Crippen LogP contribution in [0.1, 0.15) is 16.7 Å². The summed E-state index contributed by atoms with van der Waals surface area (Å²) in [5, 5.41) is 2.72. The fraction of sp³-hybridized carbons (Fsp3) is 0.182. The summed E-state index contributed by atoms with van der Waals surface area (Å²) in [4.78, 5) is 2.29. The van der Waals surface area contributed by atoms with Crippen LogP contribution in [-0.4, -0.2) is 7.05 Å². The Morgan fingerprint density at radius 3 is 2.08 bits per heavy atom. The zero-order chi connectivity index (χ0) is 16.8. The molecule has 0 atom stereocenters. The normalized spacial score (nSPS) is 11.3. The predicted octanol–water partition coefficient (Wildman–Crippen LogP) is 6.75. The fourth-order valence-electron chi connectivity index (χ4n) is 3.41. The molecule has 0 saturated carbocycles. The van der Waals surface area contributed by atoms with E-state index in [4.69, 9.17) is 0 Å². The van der Waals surface area contributed by atoms with Crippen molar-refractivity contribution in [2.24, 2.45) is 0 Å². The third-order valence-electron chi connectivity index (χ3n) is 4.71. The number of anilines is 2. The van der Waals surface area contributed by atoms with Gasteiger partial charge in [-0.2, -0.15) is 0 Å². The van der Waals surface area contributed by atoms with Gasteiger partial charge in [-0.1, -0.05) is 29.3 Å². The zero-order valence-corrected chi connectivity index (χ0v) is 15.4. The smallest absolute Gasteiger partial charge is 0.0437 e. The summed E-state index contributed by atoms with van der Waals surface area (Å²) >= 11 is 1.87. The van der Waals surface area contributed by atoms with Crippen molar-refractivity contribution in [1.29, 1.82) is 0 Å². The average molecular weight is 331 g/mol. The third kappa shape index (κ3) is 2.47. The van der Waals surface area contributed by atoms with Gasteiger partial charge in [-0.05, 0) is 62.7 Å². The maximum Gasteiger partial charge on any atom is 0.0437 e. The van der Waals surface area contributed by atoms with E-state index in [9.17, 15) is 0 Å². The van der Waals surface area contributed by atoms with Crippen LogP contribution in [-0.2, 0) is 0 Å². The van der Waals surface area contributed by atoms with Gasteiger partial charge in [0, 0.05) is 38.6 Å². The Morgan fingerprint density at radius 1 is 0.708 bits per heavy atom. The van der Waals surface area contributed by atoms with Gasteiger partial charge >= 0.3 is 0 Å². The van der Waals surface area contributed by atoms with Gasteiger partial charge in [-0.25, -0.2) is 0 Å². The number of nitrogens with zero attached hydrogens (tertiary/aromatic N) is 1. The molecule has 0 unspecified atom stereocenters. The van der Waals surface area contributed by atoms with E-state index in [1.54, 1.807) is 0 Å². The monoisotopic (exact) mass is 331 g/mol. The molecule has 0 N–H and O–H groups in total. The van der Waals surface area contributed by atoms with Gasteiger partial charge < -0.3 is 4.90 Å². The second-order valence-corrected chi connectivity index (χ2v) is 7.71. The molecule has 0 saturated heterocycles. The van der Waals surface area contributed by atoms with Crippen molar-refractivity contribution in [3.05, 3.63) is 71.3 Å². The van der Waals surface area contributed by atoms with Crippen LogP contribution in [0.15, 0.2) is 54.6 Å². The van der Waals surface area contributed by atoms with E-state index in [1.165, 1.54) is 48.2 Å². The molecule has 4 aromatic rings. The van der Waals surface area contributed by atoms with Crippen LogP contribution in [0.2, 0.25) is 0 Å². The second kappa shape index (κ2) is 5.64. The number of thiophene rings is 1. The molecule has 0 fully saturated rings. The van der Waals surface area contributed by atoms with Crippen LogP contribution in [0, 0.1) is 20.8 Å². The molecule has 2 heteroatoms. The lowest BCUT2D eigenvalue weighted by Gasteiger charge is -2.22. The van der Waals surface area contributed by atoms with Crippen LogP contribution in [0.4, 0.5) is 11.4 Å². The first-order valence-corrected chi connectivity index (χ1v) is 9.08.